The highest BCUT2D eigenvalue weighted by Crippen LogP contribution is 2.01. The second kappa shape index (κ2) is 10.4. The molecule has 0 aliphatic rings. The maximum absolute atomic E-state index is 5.53. The fraction of sp³-hybridized carbons (Fsp3) is 0.500. The molecule has 0 saturated heterocycles. The monoisotopic (exact) mass is 319 g/mol. The summed E-state index contributed by atoms with van der Waals surface area (Å²) in [6, 6.07) is 3.77. The normalized spacial score (nSPS) is 11.6. The molecule has 7 nitrogen and oxygen atoms in total. The van der Waals surface area contributed by atoms with Crippen LogP contribution in [0.3, 0.4) is 0 Å². The molecule has 23 heavy (non-hydrogen) atoms. The molecular formula is C16H25N5O2. The molecule has 2 N–H and O–H groups in total. The summed E-state index contributed by atoms with van der Waals surface area (Å²) in [6.07, 6.45) is 9.18. The summed E-state index contributed by atoms with van der Waals surface area (Å²) in [5.74, 6) is 1.68. The minimum atomic E-state index is 0.522. The zero-order chi connectivity index (χ0) is 16.2. The van der Waals surface area contributed by atoms with Gasteiger partial charge in [-0.1, -0.05) is 0 Å². The molecule has 0 radical (unpaired) electrons. The van der Waals surface area contributed by atoms with Crippen LogP contribution in [0, 0.1) is 0 Å². The summed E-state index contributed by atoms with van der Waals surface area (Å²) in [7, 11) is 1.78. The van der Waals surface area contributed by atoms with Gasteiger partial charge in [-0.3, -0.25) is 4.99 Å². The van der Waals surface area contributed by atoms with Crippen LogP contribution in [0.25, 0.3) is 0 Å². The lowest BCUT2D eigenvalue weighted by Gasteiger charge is -2.12. The number of nitrogens with zero attached hydrogens (tertiary/aromatic N) is 3. The average Bonchev–Trinajstić information content (AvgIpc) is 3.26. The van der Waals surface area contributed by atoms with Crippen molar-refractivity contribution in [3.63, 3.8) is 0 Å². The summed E-state index contributed by atoms with van der Waals surface area (Å²) in [4.78, 5) is 8.22. The van der Waals surface area contributed by atoms with Crippen LogP contribution in [0.4, 0.5) is 0 Å². The number of furan rings is 1. The molecule has 0 aromatic carbocycles. The Bertz CT molecular complexity index is 537. The van der Waals surface area contributed by atoms with Crippen molar-refractivity contribution in [3.8, 4) is 0 Å². The lowest BCUT2D eigenvalue weighted by molar-refractivity contribution is 0.105. The lowest BCUT2D eigenvalue weighted by atomic mass is 10.4. The minimum absolute atomic E-state index is 0.522. The molecule has 0 spiro atoms. The predicted octanol–water partition coefficient (Wildman–Crippen LogP) is 1.64. The van der Waals surface area contributed by atoms with Gasteiger partial charge in [0.15, 0.2) is 5.96 Å². The third kappa shape index (κ3) is 7.01. The van der Waals surface area contributed by atoms with E-state index in [0.29, 0.717) is 13.2 Å². The quantitative estimate of drug-likeness (QED) is 0.395. The van der Waals surface area contributed by atoms with Crippen LogP contribution in [-0.4, -0.2) is 42.3 Å². The number of aliphatic imine (C=N–C) groups is 1. The number of hydrogen-bond acceptors (Lipinski definition) is 4. The van der Waals surface area contributed by atoms with Gasteiger partial charge < -0.3 is 24.4 Å². The van der Waals surface area contributed by atoms with E-state index >= 15 is 0 Å². The van der Waals surface area contributed by atoms with Crippen LogP contribution in [0.2, 0.25) is 0 Å². The van der Waals surface area contributed by atoms with Gasteiger partial charge in [0.05, 0.1) is 12.6 Å². The Labute approximate surface area is 136 Å². The summed E-state index contributed by atoms with van der Waals surface area (Å²) < 4.78 is 12.8. The molecule has 2 rings (SSSR count). The van der Waals surface area contributed by atoms with E-state index in [1.54, 1.807) is 19.5 Å². The van der Waals surface area contributed by atoms with Crippen molar-refractivity contribution in [1.29, 1.82) is 0 Å². The smallest absolute Gasteiger partial charge is 0.190 e. The van der Waals surface area contributed by atoms with E-state index in [0.717, 1.165) is 44.2 Å². The molecule has 0 atom stereocenters. The van der Waals surface area contributed by atoms with Gasteiger partial charge >= 0.3 is 0 Å². The first-order valence-corrected chi connectivity index (χ1v) is 7.89. The number of ether oxygens (including phenoxy) is 1. The molecule has 0 unspecified atom stereocenters. The van der Waals surface area contributed by atoms with Crippen molar-refractivity contribution in [1.82, 2.24) is 20.2 Å². The fourth-order valence-corrected chi connectivity index (χ4v) is 2.06. The number of hydrogen-bond donors (Lipinski definition) is 2. The van der Waals surface area contributed by atoms with Crippen LogP contribution < -0.4 is 10.6 Å². The Hall–Kier alpha value is -2.28. The van der Waals surface area contributed by atoms with Gasteiger partial charge in [-0.25, -0.2) is 4.98 Å². The SMILES string of the molecule is CN=C(NCCCOCc1ccco1)NCCCn1ccnc1. The van der Waals surface area contributed by atoms with E-state index in [4.69, 9.17) is 9.15 Å². The Morgan fingerprint density at radius 1 is 1.35 bits per heavy atom. The molecule has 0 bridgehead atoms. The topological polar surface area (TPSA) is 76.6 Å². The maximum Gasteiger partial charge on any atom is 0.190 e. The van der Waals surface area contributed by atoms with E-state index < -0.39 is 0 Å². The molecule has 7 heteroatoms. The van der Waals surface area contributed by atoms with Crippen LogP contribution in [0.1, 0.15) is 18.6 Å². The number of imidazole rings is 1. The molecule has 0 fully saturated rings. The first kappa shape index (κ1) is 17.1. The van der Waals surface area contributed by atoms with Crippen molar-refractivity contribution in [2.75, 3.05) is 26.7 Å². The molecule has 0 saturated carbocycles. The van der Waals surface area contributed by atoms with Crippen molar-refractivity contribution in [3.05, 3.63) is 42.9 Å². The largest absolute Gasteiger partial charge is 0.467 e. The molecule has 126 valence electrons. The minimum Gasteiger partial charge on any atom is -0.467 e. The second-order valence-corrected chi connectivity index (χ2v) is 5.07. The predicted molar refractivity (Wildman–Crippen MR) is 89.2 cm³/mol. The van der Waals surface area contributed by atoms with E-state index in [9.17, 15) is 0 Å². The van der Waals surface area contributed by atoms with Gasteiger partial charge in [0.1, 0.15) is 12.4 Å². The van der Waals surface area contributed by atoms with E-state index in [-0.39, 0.29) is 0 Å². The van der Waals surface area contributed by atoms with Crippen LogP contribution >= 0.6 is 0 Å². The van der Waals surface area contributed by atoms with Crippen LogP contribution in [0.5, 0.6) is 0 Å². The van der Waals surface area contributed by atoms with E-state index in [2.05, 4.69) is 25.2 Å². The highest BCUT2D eigenvalue weighted by atomic mass is 16.5. The second-order valence-electron chi connectivity index (χ2n) is 5.07. The fourth-order valence-electron chi connectivity index (χ4n) is 2.06. The zero-order valence-corrected chi connectivity index (χ0v) is 13.6. The summed E-state index contributed by atoms with van der Waals surface area (Å²) in [5, 5.41) is 6.57. The van der Waals surface area contributed by atoms with Crippen molar-refractivity contribution in [2.24, 2.45) is 4.99 Å². The Morgan fingerprint density at radius 2 is 2.22 bits per heavy atom. The average molecular weight is 319 g/mol. The van der Waals surface area contributed by atoms with Crippen LogP contribution in [0.15, 0.2) is 46.5 Å². The first-order valence-electron chi connectivity index (χ1n) is 7.89. The van der Waals surface area contributed by atoms with Crippen molar-refractivity contribution in [2.45, 2.75) is 26.0 Å². The van der Waals surface area contributed by atoms with Gasteiger partial charge in [-0.05, 0) is 25.0 Å². The van der Waals surface area contributed by atoms with E-state index in [1.807, 2.05) is 24.7 Å². The number of guanidine groups is 1. The Morgan fingerprint density at radius 3 is 2.91 bits per heavy atom. The van der Waals surface area contributed by atoms with Gasteiger partial charge in [0, 0.05) is 45.7 Å². The zero-order valence-electron chi connectivity index (χ0n) is 13.6. The molecule has 2 aromatic rings. The molecule has 2 aromatic heterocycles. The number of rotatable bonds is 10. The number of nitrogens with one attached hydrogen (secondary N) is 2. The first-order chi connectivity index (χ1) is 11.4. The summed E-state index contributed by atoms with van der Waals surface area (Å²) in [6.45, 7) is 3.84. The maximum atomic E-state index is 5.53. The Kier molecular flexibility index (Phi) is 7.76. The third-order valence-electron chi connectivity index (χ3n) is 3.25. The van der Waals surface area contributed by atoms with Gasteiger partial charge in [0.25, 0.3) is 0 Å². The van der Waals surface area contributed by atoms with Crippen molar-refractivity contribution >= 4 is 5.96 Å². The summed E-state index contributed by atoms with van der Waals surface area (Å²) in [5.41, 5.74) is 0. The van der Waals surface area contributed by atoms with Gasteiger partial charge in [0.2, 0.25) is 0 Å². The lowest BCUT2D eigenvalue weighted by Crippen LogP contribution is -2.38. The third-order valence-corrected chi connectivity index (χ3v) is 3.25. The summed E-state index contributed by atoms with van der Waals surface area (Å²) >= 11 is 0. The molecule has 0 aliphatic heterocycles. The highest BCUT2D eigenvalue weighted by Gasteiger charge is 1.98. The molecule has 2 heterocycles. The van der Waals surface area contributed by atoms with Gasteiger partial charge in [-0.15, -0.1) is 0 Å². The number of aromatic nitrogens is 2. The Balaban J connectivity index is 1.46. The highest BCUT2D eigenvalue weighted by molar-refractivity contribution is 5.79. The molecule has 0 aliphatic carbocycles. The van der Waals surface area contributed by atoms with E-state index in [1.165, 1.54) is 0 Å². The van der Waals surface area contributed by atoms with Crippen LogP contribution in [-0.2, 0) is 17.9 Å². The van der Waals surface area contributed by atoms with Gasteiger partial charge in [-0.2, -0.15) is 0 Å². The van der Waals surface area contributed by atoms with Crippen molar-refractivity contribution < 1.29 is 9.15 Å². The standard InChI is InChI=1S/C16H25N5O2/c1-17-16(19-6-3-9-21-10-8-18-14-21)20-7-4-11-22-13-15-5-2-12-23-15/h2,5,8,10,12,14H,3-4,6-7,9,11,13H2,1H3,(H2,17,19,20). The molecule has 0 amide bonds. The molecular weight excluding hydrogens is 294 g/mol. The number of aryl methyl sites for hydroxylation is 1.